The normalized spacial score (nSPS) is 15.9. The van der Waals surface area contributed by atoms with Crippen LogP contribution in [-0.4, -0.2) is 30.4 Å². The molecule has 0 amide bonds. The van der Waals surface area contributed by atoms with E-state index in [4.69, 9.17) is 0 Å². The number of aromatic nitrogens is 2. The zero-order chi connectivity index (χ0) is 11.8. The summed E-state index contributed by atoms with van der Waals surface area (Å²) in [6.07, 6.45) is 4.62. The highest BCUT2D eigenvalue weighted by Gasteiger charge is 2.20. The average molecular weight is 240 g/mol. The molecule has 1 heterocycles. The molecular weight excluding hydrogens is 228 g/mol. The lowest BCUT2D eigenvalue weighted by molar-refractivity contribution is 0.0971. The number of ketones is 1. The monoisotopic (exact) mass is 240 g/mol. The summed E-state index contributed by atoms with van der Waals surface area (Å²) in [7, 11) is -3.13. The van der Waals surface area contributed by atoms with Gasteiger partial charge in [-0.05, 0) is 12.8 Å². The van der Waals surface area contributed by atoms with Crippen molar-refractivity contribution in [3.63, 3.8) is 0 Å². The number of hydrogen-bond acceptors (Lipinski definition) is 5. The Morgan fingerprint density at radius 1 is 1.38 bits per heavy atom. The van der Waals surface area contributed by atoms with Gasteiger partial charge in [-0.25, -0.2) is 18.4 Å². The Morgan fingerprint density at radius 2 is 2.12 bits per heavy atom. The van der Waals surface area contributed by atoms with E-state index in [-0.39, 0.29) is 17.4 Å². The van der Waals surface area contributed by atoms with Crippen LogP contribution < -0.4 is 0 Å². The largest absolute Gasteiger partial charge is 0.294 e. The fourth-order valence-electron chi connectivity index (χ4n) is 1.74. The highest BCUT2D eigenvalue weighted by atomic mass is 32.2. The number of rotatable bonds is 2. The van der Waals surface area contributed by atoms with Crippen LogP contribution in [0.5, 0.6) is 0 Å². The van der Waals surface area contributed by atoms with Crippen molar-refractivity contribution in [1.29, 1.82) is 0 Å². The van der Waals surface area contributed by atoms with Gasteiger partial charge in [0.25, 0.3) is 0 Å². The van der Waals surface area contributed by atoms with E-state index in [1.165, 1.54) is 6.20 Å². The number of Topliss-reactive ketones (excluding diaryl/α,β-unsaturated/α-hetero) is 1. The number of carbonyl (C=O) groups is 1. The summed E-state index contributed by atoms with van der Waals surface area (Å²) >= 11 is 0. The second kappa shape index (κ2) is 3.93. The molecule has 0 atom stereocenters. The third-order valence-corrected chi connectivity index (χ3v) is 3.21. The summed E-state index contributed by atoms with van der Waals surface area (Å²) < 4.78 is 22.2. The number of fused-ring (bicyclic) bond motifs is 1. The van der Waals surface area contributed by atoms with Crippen LogP contribution >= 0.6 is 0 Å². The highest BCUT2D eigenvalue weighted by molar-refractivity contribution is 7.89. The lowest BCUT2D eigenvalue weighted by atomic mass is 9.96. The number of hydrogen-bond donors (Lipinski definition) is 0. The zero-order valence-corrected chi connectivity index (χ0v) is 9.75. The van der Waals surface area contributed by atoms with Gasteiger partial charge in [0.1, 0.15) is 11.6 Å². The van der Waals surface area contributed by atoms with Gasteiger partial charge in [0.2, 0.25) is 0 Å². The first-order chi connectivity index (χ1) is 7.46. The molecule has 0 spiro atoms. The molecule has 5 nitrogen and oxygen atoms in total. The lowest BCUT2D eigenvalue weighted by Crippen LogP contribution is -2.16. The Morgan fingerprint density at radius 3 is 2.81 bits per heavy atom. The van der Waals surface area contributed by atoms with Crippen LogP contribution in [0.2, 0.25) is 0 Å². The molecular formula is C10H12N2O3S. The van der Waals surface area contributed by atoms with Crippen LogP contribution in [0.3, 0.4) is 0 Å². The van der Waals surface area contributed by atoms with Gasteiger partial charge >= 0.3 is 0 Å². The van der Waals surface area contributed by atoms with E-state index in [9.17, 15) is 13.2 Å². The molecule has 0 saturated carbocycles. The van der Waals surface area contributed by atoms with Crippen LogP contribution in [0.25, 0.3) is 0 Å². The smallest absolute Gasteiger partial charge is 0.166 e. The topological polar surface area (TPSA) is 77.0 Å². The highest BCUT2D eigenvalue weighted by Crippen LogP contribution is 2.18. The molecule has 0 radical (unpaired) electrons. The molecule has 0 fully saturated rings. The molecule has 0 N–H and O–H groups in total. The Hall–Kier alpha value is -1.30. The summed E-state index contributed by atoms with van der Waals surface area (Å²) in [4.78, 5) is 19.5. The van der Waals surface area contributed by atoms with Crippen LogP contribution in [0, 0.1) is 0 Å². The first kappa shape index (κ1) is 11.2. The Balaban J connectivity index is 2.36. The van der Waals surface area contributed by atoms with E-state index in [1.807, 2.05) is 0 Å². The third kappa shape index (κ3) is 2.44. The van der Waals surface area contributed by atoms with E-state index in [1.54, 1.807) is 0 Å². The third-order valence-electron chi connectivity index (χ3n) is 2.43. The molecule has 0 unspecified atom stereocenters. The standard InChI is InChI=1S/C10H12N2O3S/c1-16(14,15)6-10-11-5-7-8(12-10)3-2-4-9(7)13/h5H,2-4,6H2,1H3. The minimum atomic E-state index is -3.13. The second-order valence-electron chi connectivity index (χ2n) is 3.99. The summed E-state index contributed by atoms with van der Waals surface area (Å²) in [5.74, 6) is 0.150. The molecule has 2 rings (SSSR count). The van der Waals surface area contributed by atoms with Crippen molar-refractivity contribution >= 4 is 15.6 Å². The molecule has 1 aromatic rings. The van der Waals surface area contributed by atoms with Crippen LogP contribution in [-0.2, 0) is 22.0 Å². The van der Waals surface area contributed by atoms with Crippen LogP contribution in [0.1, 0.15) is 34.7 Å². The number of carbonyl (C=O) groups excluding carboxylic acids is 1. The van der Waals surface area contributed by atoms with Gasteiger partial charge in [0.15, 0.2) is 15.6 Å². The summed E-state index contributed by atoms with van der Waals surface area (Å²) in [5.41, 5.74) is 1.23. The van der Waals surface area contributed by atoms with Gasteiger partial charge < -0.3 is 0 Å². The van der Waals surface area contributed by atoms with Gasteiger partial charge in [-0.15, -0.1) is 0 Å². The minimum absolute atomic E-state index is 0.0483. The number of nitrogens with zero attached hydrogens (tertiary/aromatic N) is 2. The van der Waals surface area contributed by atoms with Crippen molar-refractivity contribution in [1.82, 2.24) is 9.97 Å². The predicted octanol–water partition coefficient (Wildman–Crippen LogP) is 0.540. The molecule has 1 aromatic heterocycles. The number of sulfone groups is 1. The van der Waals surface area contributed by atoms with E-state index >= 15 is 0 Å². The Bertz CT molecular complexity index is 537. The minimum Gasteiger partial charge on any atom is -0.294 e. The molecule has 86 valence electrons. The quantitative estimate of drug-likeness (QED) is 0.754. The fourth-order valence-corrected chi connectivity index (χ4v) is 2.35. The van der Waals surface area contributed by atoms with Crippen molar-refractivity contribution in [2.75, 3.05) is 6.26 Å². The molecule has 0 saturated heterocycles. The molecule has 16 heavy (non-hydrogen) atoms. The fraction of sp³-hybridized carbons (Fsp3) is 0.500. The predicted molar refractivity (Wildman–Crippen MR) is 57.8 cm³/mol. The van der Waals surface area contributed by atoms with E-state index in [0.29, 0.717) is 17.7 Å². The Kier molecular flexibility index (Phi) is 2.75. The number of aryl methyl sites for hydroxylation is 1. The molecule has 6 heteroatoms. The van der Waals surface area contributed by atoms with E-state index in [0.717, 1.165) is 19.1 Å². The van der Waals surface area contributed by atoms with Crippen LogP contribution in [0.15, 0.2) is 6.20 Å². The molecule has 0 aromatic carbocycles. The zero-order valence-electron chi connectivity index (χ0n) is 8.93. The van der Waals surface area contributed by atoms with E-state index in [2.05, 4.69) is 9.97 Å². The summed E-state index contributed by atoms with van der Waals surface area (Å²) in [6, 6.07) is 0. The first-order valence-electron chi connectivity index (χ1n) is 5.01. The van der Waals surface area contributed by atoms with Gasteiger partial charge in [-0.3, -0.25) is 4.79 Å². The summed E-state index contributed by atoms with van der Waals surface area (Å²) in [6.45, 7) is 0. The first-order valence-corrected chi connectivity index (χ1v) is 7.07. The average Bonchev–Trinajstić information content (AvgIpc) is 2.15. The molecule has 0 bridgehead atoms. The van der Waals surface area contributed by atoms with Gasteiger partial charge in [-0.2, -0.15) is 0 Å². The Labute approximate surface area is 93.8 Å². The molecule has 1 aliphatic carbocycles. The molecule has 1 aliphatic rings. The van der Waals surface area contributed by atoms with Crippen molar-refractivity contribution in [3.05, 3.63) is 23.3 Å². The lowest BCUT2D eigenvalue weighted by Gasteiger charge is -2.13. The SMILES string of the molecule is CS(=O)(=O)Cc1ncc2c(n1)CCCC2=O. The molecule has 0 aliphatic heterocycles. The maximum absolute atomic E-state index is 11.5. The van der Waals surface area contributed by atoms with Crippen LogP contribution in [0.4, 0.5) is 0 Å². The maximum Gasteiger partial charge on any atom is 0.166 e. The van der Waals surface area contributed by atoms with Crippen molar-refractivity contribution in [3.8, 4) is 0 Å². The van der Waals surface area contributed by atoms with Crippen molar-refractivity contribution in [2.45, 2.75) is 25.0 Å². The second-order valence-corrected chi connectivity index (χ2v) is 6.13. The van der Waals surface area contributed by atoms with Crippen molar-refractivity contribution in [2.24, 2.45) is 0 Å². The maximum atomic E-state index is 11.5. The van der Waals surface area contributed by atoms with Crippen molar-refractivity contribution < 1.29 is 13.2 Å². The van der Waals surface area contributed by atoms with Gasteiger partial charge in [0.05, 0.1) is 11.3 Å². The van der Waals surface area contributed by atoms with Gasteiger partial charge in [-0.1, -0.05) is 0 Å². The summed E-state index contributed by atoms with van der Waals surface area (Å²) in [5, 5.41) is 0. The van der Waals surface area contributed by atoms with E-state index < -0.39 is 9.84 Å². The van der Waals surface area contributed by atoms with Gasteiger partial charge in [0, 0.05) is 18.9 Å².